The minimum atomic E-state index is -2.85. The standard InChI is InChI=1S/C17H13F2NO3/c1-12(14-6-10-16(11-7-14)23-17(18)19)2-3-13-4-8-15(9-5-13)20(21)22/h4-12,17H,1H3. The molecule has 0 aliphatic rings. The van der Waals surface area contributed by atoms with Gasteiger partial charge in [-0.3, -0.25) is 10.1 Å². The third-order valence-electron chi connectivity index (χ3n) is 3.12. The van der Waals surface area contributed by atoms with Gasteiger partial charge in [-0.15, -0.1) is 0 Å². The molecule has 4 nitrogen and oxygen atoms in total. The lowest BCUT2D eigenvalue weighted by Gasteiger charge is -2.07. The number of benzene rings is 2. The zero-order valence-electron chi connectivity index (χ0n) is 12.2. The molecule has 1 atom stereocenters. The summed E-state index contributed by atoms with van der Waals surface area (Å²) in [5.74, 6) is 5.92. The van der Waals surface area contributed by atoms with Crippen LogP contribution in [0.3, 0.4) is 0 Å². The van der Waals surface area contributed by atoms with E-state index in [4.69, 9.17) is 0 Å². The van der Waals surface area contributed by atoms with Crippen molar-refractivity contribution in [3.05, 3.63) is 69.8 Å². The maximum Gasteiger partial charge on any atom is 0.387 e. The molecule has 0 aromatic heterocycles. The molecular weight excluding hydrogens is 304 g/mol. The highest BCUT2D eigenvalue weighted by Crippen LogP contribution is 2.20. The number of rotatable bonds is 4. The second kappa shape index (κ2) is 7.36. The molecule has 0 N–H and O–H groups in total. The van der Waals surface area contributed by atoms with Gasteiger partial charge in [-0.25, -0.2) is 0 Å². The first-order chi connectivity index (χ1) is 11.0. The Morgan fingerprint density at radius 3 is 2.22 bits per heavy atom. The molecule has 1 unspecified atom stereocenters. The maximum absolute atomic E-state index is 12.1. The van der Waals surface area contributed by atoms with Gasteiger partial charge in [0.2, 0.25) is 0 Å². The zero-order valence-corrected chi connectivity index (χ0v) is 12.2. The second-order valence-corrected chi connectivity index (χ2v) is 4.74. The maximum atomic E-state index is 12.1. The van der Waals surface area contributed by atoms with Gasteiger partial charge in [0.25, 0.3) is 5.69 Å². The van der Waals surface area contributed by atoms with Crippen molar-refractivity contribution in [1.29, 1.82) is 0 Å². The van der Waals surface area contributed by atoms with E-state index in [0.29, 0.717) is 5.56 Å². The number of halogens is 2. The summed E-state index contributed by atoms with van der Waals surface area (Å²) in [6, 6.07) is 12.2. The lowest BCUT2D eigenvalue weighted by Crippen LogP contribution is -2.01. The van der Waals surface area contributed by atoms with Gasteiger partial charge >= 0.3 is 6.61 Å². The lowest BCUT2D eigenvalue weighted by molar-refractivity contribution is -0.384. The quantitative estimate of drug-likeness (QED) is 0.478. The molecule has 0 heterocycles. The molecular formula is C17H13F2NO3. The van der Waals surface area contributed by atoms with Gasteiger partial charge in [-0.05, 0) is 36.8 Å². The molecule has 2 aromatic carbocycles. The van der Waals surface area contributed by atoms with Gasteiger partial charge in [0.1, 0.15) is 5.75 Å². The molecule has 0 fully saturated rings. The van der Waals surface area contributed by atoms with Crippen LogP contribution >= 0.6 is 0 Å². The summed E-state index contributed by atoms with van der Waals surface area (Å²) in [6.45, 7) is -0.971. The summed E-state index contributed by atoms with van der Waals surface area (Å²) < 4.78 is 28.4. The summed E-state index contributed by atoms with van der Waals surface area (Å²) in [6.07, 6.45) is 0. The Balaban J connectivity index is 2.07. The molecule has 0 aliphatic carbocycles. The Morgan fingerprint density at radius 1 is 1.09 bits per heavy atom. The second-order valence-electron chi connectivity index (χ2n) is 4.74. The van der Waals surface area contributed by atoms with Gasteiger partial charge in [0, 0.05) is 23.6 Å². The number of non-ortho nitro benzene ring substituents is 1. The third kappa shape index (κ3) is 4.78. The molecule has 0 saturated carbocycles. The van der Waals surface area contributed by atoms with Crippen LogP contribution in [-0.4, -0.2) is 11.5 Å². The summed E-state index contributed by atoms with van der Waals surface area (Å²) >= 11 is 0. The first-order valence-electron chi connectivity index (χ1n) is 6.76. The lowest BCUT2D eigenvalue weighted by atomic mass is 10.0. The fraction of sp³-hybridized carbons (Fsp3) is 0.176. The Labute approximate surface area is 131 Å². The average molecular weight is 317 g/mol. The number of hydrogen-bond acceptors (Lipinski definition) is 3. The summed E-state index contributed by atoms with van der Waals surface area (Å²) in [5.41, 5.74) is 1.54. The molecule has 0 spiro atoms. The fourth-order valence-electron chi connectivity index (χ4n) is 1.88. The van der Waals surface area contributed by atoms with E-state index >= 15 is 0 Å². The molecule has 0 bridgehead atoms. The smallest absolute Gasteiger partial charge is 0.387 e. The van der Waals surface area contributed by atoms with Crippen LogP contribution in [0.1, 0.15) is 24.0 Å². The van der Waals surface area contributed by atoms with Crippen LogP contribution < -0.4 is 4.74 Å². The van der Waals surface area contributed by atoms with Crippen molar-refractivity contribution in [2.24, 2.45) is 0 Å². The van der Waals surface area contributed by atoms with Crippen molar-refractivity contribution < 1.29 is 18.4 Å². The SMILES string of the molecule is CC(C#Cc1ccc([N+](=O)[O-])cc1)c1ccc(OC(F)F)cc1. The first-order valence-corrected chi connectivity index (χ1v) is 6.76. The highest BCUT2D eigenvalue weighted by Gasteiger charge is 2.06. The van der Waals surface area contributed by atoms with Crippen molar-refractivity contribution >= 4 is 5.69 Å². The Kier molecular flexibility index (Phi) is 5.26. The predicted octanol–water partition coefficient (Wildman–Crippen LogP) is 4.35. The molecule has 0 saturated heterocycles. The predicted molar refractivity (Wildman–Crippen MR) is 81.5 cm³/mol. The van der Waals surface area contributed by atoms with Crippen molar-refractivity contribution in [1.82, 2.24) is 0 Å². The number of alkyl halides is 2. The van der Waals surface area contributed by atoms with Crippen LogP contribution in [0, 0.1) is 22.0 Å². The van der Waals surface area contributed by atoms with E-state index in [1.54, 1.807) is 24.3 Å². The first kappa shape index (κ1) is 16.4. The molecule has 118 valence electrons. The van der Waals surface area contributed by atoms with Crippen LogP contribution in [0.2, 0.25) is 0 Å². The molecule has 23 heavy (non-hydrogen) atoms. The average Bonchev–Trinajstić information content (AvgIpc) is 2.53. The highest BCUT2D eigenvalue weighted by atomic mass is 19.3. The van der Waals surface area contributed by atoms with Crippen LogP contribution in [-0.2, 0) is 0 Å². The minimum absolute atomic E-state index is 0.0122. The number of ether oxygens (including phenoxy) is 1. The molecule has 2 aromatic rings. The van der Waals surface area contributed by atoms with Gasteiger partial charge in [-0.1, -0.05) is 24.0 Å². The van der Waals surface area contributed by atoms with Crippen LogP contribution in [0.25, 0.3) is 0 Å². The minimum Gasteiger partial charge on any atom is -0.435 e. The van der Waals surface area contributed by atoms with Crippen molar-refractivity contribution in [3.63, 3.8) is 0 Å². The van der Waals surface area contributed by atoms with E-state index < -0.39 is 11.5 Å². The van der Waals surface area contributed by atoms with Gasteiger partial charge < -0.3 is 4.74 Å². The van der Waals surface area contributed by atoms with E-state index in [9.17, 15) is 18.9 Å². The normalized spacial score (nSPS) is 11.5. The molecule has 6 heteroatoms. The molecule has 0 aliphatic heterocycles. The molecule has 0 amide bonds. The van der Waals surface area contributed by atoms with Crippen LogP contribution in [0.4, 0.5) is 14.5 Å². The third-order valence-corrected chi connectivity index (χ3v) is 3.12. The van der Waals surface area contributed by atoms with E-state index in [-0.39, 0.29) is 17.4 Å². The topological polar surface area (TPSA) is 52.4 Å². The van der Waals surface area contributed by atoms with Crippen LogP contribution in [0.5, 0.6) is 5.75 Å². The Hall–Kier alpha value is -2.94. The molecule has 0 radical (unpaired) electrons. The van der Waals surface area contributed by atoms with Crippen molar-refractivity contribution in [2.45, 2.75) is 19.5 Å². The number of nitro groups is 1. The van der Waals surface area contributed by atoms with E-state index in [0.717, 1.165) is 5.56 Å². The monoisotopic (exact) mass is 317 g/mol. The molecule has 2 rings (SSSR count). The summed E-state index contributed by atoms with van der Waals surface area (Å²) in [7, 11) is 0. The summed E-state index contributed by atoms with van der Waals surface area (Å²) in [5, 5.41) is 10.6. The zero-order chi connectivity index (χ0) is 16.8. The highest BCUT2D eigenvalue weighted by molar-refractivity contribution is 5.43. The summed E-state index contributed by atoms with van der Waals surface area (Å²) in [4.78, 5) is 10.1. The van der Waals surface area contributed by atoms with Crippen molar-refractivity contribution in [3.8, 4) is 17.6 Å². The van der Waals surface area contributed by atoms with E-state index in [1.165, 1.54) is 24.3 Å². The van der Waals surface area contributed by atoms with Gasteiger partial charge in [-0.2, -0.15) is 8.78 Å². The van der Waals surface area contributed by atoms with E-state index in [1.807, 2.05) is 6.92 Å². The van der Waals surface area contributed by atoms with Gasteiger partial charge in [0.05, 0.1) is 4.92 Å². The number of nitro benzene ring substituents is 1. The van der Waals surface area contributed by atoms with Gasteiger partial charge in [0.15, 0.2) is 0 Å². The number of nitrogens with zero attached hydrogens (tertiary/aromatic N) is 1. The van der Waals surface area contributed by atoms with Crippen LogP contribution in [0.15, 0.2) is 48.5 Å². The Bertz CT molecular complexity index is 731. The van der Waals surface area contributed by atoms with Crippen molar-refractivity contribution in [2.75, 3.05) is 0 Å². The Morgan fingerprint density at radius 2 is 1.70 bits per heavy atom. The number of hydrogen-bond donors (Lipinski definition) is 0. The van der Waals surface area contributed by atoms with E-state index in [2.05, 4.69) is 16.6 Å². The largest absolute Gasteiger partial charge is 0.435 e. The fourth-order valence-corrected chi connectivity index (χ4v) is 1.88.